The van der Waals surface area contributed by atoms with E-state index in [4.69, 9.17) is 17.3 Å². The quantitative estimate of drug-likeness (QED) is 0.873. The van der Waals surface area contributed by atoms with E-state index < -0.39 is 0 Å². The van der Waals surface area contributed by atoms with E-state index >= 15 is 0 Å². The van der Waals surface area contributed by atoms with Gasteiger partial charge in [0.25, 0.3) is 0 Å². The van der Waals surface area contributed by atoms with Crippen molar-refractivity contribution < 1.29 is 4.39 Å². The zero-order valence-corrected chi connectivity index (χ0v) is 12.6. The second-order valence-electron chi connectivity index (χ2n) is 4.39. The van der Waals surface area contributed by atoms with Crippen LogP contribution in [0.3, 0.4) is 0 Å². The number of likely N-dealkylation sites (N-methyl/N-ethyl adjacent to an activating group) is 1. The number of hydrogen-bond donors (Lipinski definition) is 1. The Hall–Kier alpha value is -0.290. The highest BCUT2D eigenvalue weighted by atomic mass is 35.5. The Kier molecular flexibility index (Phi) is 6.43. The molecule has 1 aromatic carbocycles. The van der Waals surface area contributed by atoms with Gasteiger partial charge in [0.15, 0.2) is 0 Å². The highest BCUT2D eigenvalue weighted by molar-refractivity contribution is 7.98. The molecule has 0 radical (unpaired) electrons. The Balaban J connectivity index is 2.98. The third-order valence-corrected chi connectivity index (χ3v) is 4.19. The van der Waals surface area contributed by atoms with E-state index in [9.17, 15) is 4.39 Å². The van der Waals surface area contributed by atoms with Crippen molar-refractivity contribution in [2.45, 2.75) is 19.0 Å². The molecule has 2 N–H and O–H groups in total. The summed E-state index contributed by atoms with van der Waals surface area (Å²) in [5, 5.41) is 0.538. The topological polar surface area (TPSA) is 29.3 Å². The van der Waals surface area contributed by atoms with Crippen molar-refractivity contribution in [2.75, 3.05) is 25.6 Å². The predicted molar refractivity (Wildman–Crippen MR) is 78.8 cm³/mol. The normalized spacial score (nSPS) is 14.8. The first-order chi connectivity index (χ1) is 8.51. The van der Waals surface area contributed by atoms with Crippen LogP contribution in [0.1, 0.15) is 18.5 Å². The second-order valence-corrected chi connectivity index (χ2v) is 5.73. The van der Waals surface area contributed by atoms with Gasteiger partial charge in [-0.15, -0.1) is 0 Å². The van der Waals surface area contributed by atoms with E-state index in [1.54, 1.807) is 23.9 Å². The second kappa shape index (κ2) is 7.34. The van der Waals surface area contributed by atoms with E-state index in [-0.39, 0.29) is 11.9 Å². The lowest BCUT2D eigenvalue weighted by molar-refractivity contribution is 0.200. The minimum Gasteiger partial charge on any atom is -0.329 e. The lowest BCUT2D eigenvalue weighted by Gasteiger charge is -2.32. The van der Waals surface area contributed by atoms with Gasteiger partial charge >= 0.3 is 0 Å². The Labute approximate surface area is 118 Å². The Bertz CT molecular complexity index is 389. The van der Waals surface area contributed by atoms with Gasteiger partial charge in [-0.3, -0.25) is 4.90 Å². The molecule has 18 heavy (non-hydrogen) atoms. The van der Waals surface area contributed by atoms with Gasteiger partial charge in [0.05, 0.1) is 0 Å². The van der Waals surface area contributed by atoms with E-state index in [1.165, 1.54) is 6.07 Å². The molecule has 0 amide bonds. The van der Waals surface area contributed by atoms with Gasteiger partial charge < -0.3 is 5.73 Å². The summed E-state index contributed by atoms with van der Waals surface area (Å²) in [4.78, 5) is 2.10. The summed E-state index contributed by atoms with van der Waals surface area (Å²) >= 11 is 7.70. The fourth-order valence-electron chi connectivity index (χ4n) is 1.95. The molecule has 0 saturated heterocycles. The number of nitrogens with two attached hydrogens (primary N) is 1. The fraction of sp³-hybridized carbons (Fsp3) is 0.538. The summed E-state index contributed by atoms with van der Waals surface area (Å²) < 4.78 is 13.9. The number of nitrogens with zero attached hydrogens (tertiary/aromatic N) is 1. The lowest BCUT2D eigenvalue weighted by atomic mass is 10.0. The first-order valence-electron chi connectivity index (χ1n) is 5.87. The zero-order valence-electron chi connectivity index (χ0n) is 11.0. The highest BCUT2D eigenvalue weighted by Gasteiger charge is 2.22. The molecule has 0 heterocycles. The smallest absolute Gasteiger partial charge is 0.128 e. The van der Waals surface area contributed by atoms with E-state index in [0.29, 0.717) is 23.2 Å². The van der Waals surface area contributed by atoms with Gasteiger partial charge in [0.1, 0.15) is 5.82 Å². The first-order valence-corrected chi connectivity index (χ1v) is 7.64. The average Bonchev–Trinajstić information content (AvgIpc) is 2.34. The van der Waals surface area contributed by atoms with Crippen LogP contribution in [-0.2, 0) is 0 Å². The Morgan fingerprint density at radius 1 is 1.50 bits per heavy atom. The minimum absolute atomic E-state index is 0.147. The molecule has 1 aromatic rings. The van der Waals surface area contributed by atoms with E-state index in [1.807, 2.05) is 7.05 Å². The first kappa shape index (κ1) is 15.8. The van der Waals surface area contributed by atoms with Crippen LogP contribution in [-0.4, -0.2) is 36.5 Å². The molecule has 0 spiro atoms. The SMILES string of the molecule is CSCC(C)N(C)C(CN)c1cc(Cl)ccc1F. The van der Waals surface area contributed by atoms with Crippen molar-refractivity contribution in [1.29, 1.82) is 0 Å². The van der Waals surface area contributed by atoms with Crippen molar-refractivity contribution in [2.24, 2.45) is 5.73 Å². The van der Waals surface area contributed by atoms with Crippen LogP contribution in [0.4, 0.5) is 4.39 Å². The van der Waals surface area contributed by atoms with Crippen LogP contribution in [0.25, 0.3) is 0 Å². The van der Waals surface area contributed by atoms with Crippen LogP contribution in [0.15, 0.2) is 18.2 Å². The minimum atomic E-state index is -0.252. The number of benzene rings is 1. The maximum Gasteiger partial charge on any atom is 0.128 e. The summed E-state index contributed by atoms with van der Waals surface area (Å²) in [7, 11) is 1.97. The van der Waals surface area contributed by atoms with Crippen LogP contribution < -0.4 is 5.73 Å². The van der Waals surface area contributed by atoms with Crippen molar-refractivity contribution in [3.63, 3.8) is 0 Å². The van der Waals surface area contributed by atoms with Crippen molar-refractivity contribution in [1.82, 2.24) is 4.90 Å². The van der Waals surface area contributed by atoms with Crippen molar-refractivity contribution in [3.05, 3.63) is 34.6 Å². The average molecular weight is 291 g/mol. The largest absolute Gasteiger partial charge is 0.329 e. The van der Waals surface area contributed by atoms with Crippen molar-refractivity contribution >= 4 is 23.4 Å². The summed E-state index contributed by atoms with van der Waals surface area (Å²) in [6.07, 6.45) is 2.06. The molecule has 0 saturated carbocycles. The van der Waals surface area contributed by atoms with Gasteiger partial charge in [-0.05, 0) is 38.4 Å². The Morgan fingerprint density at radius 3 is 2.72 bits per heavy atom. The van der Waals surface area contributed by atoms with Gasteiger partial charge in [-0.25, -0.2) is 4.39 Å². The summed E-state index contributed by atoms with van der Waals surface area (Å²) in [5.41, 5.74) is 6.37. The zero-order chi connectivity index (χ0) is 13.7. The Morgan fingerprint density at radius 2 is 2.17 bits per heavy atom. The van der Waals surface area contributed by atoms with Gasteiger partial charge in [0.2, 0.25) is 0 Å². The van der Waals surface area contributed by atoms with Gasteiger partial charge in [0, 0.05) is 35.0 Å². The summed E-state index contributed by atoms with van der Waals surface area (Å²) in [6, 6.07) is 4.79. The molecule has 102 valence electrons. The van der Waals surface area contributed by atoms with E-state index in [2.05, 4.69) is 18.1 Å². The monoisotopic (exact) mass is 290 g/mol. The number of thioether (sulfide) groups is 1. The molecule has 0 aliphatic carbocycles. The molecule has 2 nitrogen and oxygen atoms in total. The third kappa shape index (κ3) is 3.85. The van der Waals surface area contributed by atoms with Gasteiger partial charge in [-0.2, -0.15) is 11.8 Å². The molecule has 0 aliphatic heterocycles. The van der Waals surface area contributed by atoms with Crippen LogP contribution in [0.2, 0.25) is 5.02 Å². The number of halogens is 2. The maximum absolute atomic E-state index is 13.9. The molecule has 2 unspecified atom stereocenters. The van der Waals surface area contributed by atoms with Gasteiger partial charge in [-0.1, -0.05) is 11.6 Å². The van der Waals surface area contributed by atoms with Crippen LogP contribution in [0.5, 0.6) is 0 Å². The predicted octanol–water partition coefficient (Wildman–Crippen LogP) is 3.16. The molecular weight excluding hydrogens is 271 g/mol. The molecule has 0 fully saturated rings. The molecule has 0 bridgehead atoms. The fourth-order valence-corrected chi connectivity index (χ4v) is 2.85. The van der Waals surface area contributed by atoms with Crippen LogP contribution >= 0.6 is 23.4 Å². The molecule has 0 aromatic heterocycles. The molecule has 0 aliphatic rings. The highest BCUT2D eigenvalue weighted by Crippen LogP contribution is 2.26. The third-order valence-electron chi connectivity index (χ3n) is 3.14. The summed E-state index contributed by atoms with van der Waals surface area (Å²) in [6.45, 7) is 2.48. The molecule has 5 heteroatoms. The van der Waals surface area contributed by atoms with E-state index in [0.717, 1.165) is 5.75 Å². The summed E-state index contributed by atoms with van der Waals surface area (Å²) in [5.74, 6) is 0.730. The number of rotatable bonds is 6. The molecular formula is C13H20ClFN2S. The van der Waals surface area contributed by atoms with Crippen LogP contribution in [0, 0.1) is 5.82 Å². The lowest BCUT2D eigenvalue weighted by Crippen LogP contribution is -2.38. The maximum atomic E-state index is 13.9. The number of hydrogen-bond acceptors (Lipinski definition) is 3. The molecule has 2 atom stereocenters. The molecule has 1 rings (SSSR count). The van der Waals surface area contributed by atoms with Crippen molar-refractivity contribution in [3.8, 4) is 0 Å². The standard InChI is InChI=1S/C13H20ClFN2S/c1-9(8-18-3)17(2)13(7-16)11-6-10(14)4-5-12(11)15/h4-6,9,13H,7-8,16H2,1-3H3.